The van der Waals surface area contributed by atoms with Gasteiger partial charge in [-0.2, -0.15) is 0 Å². The van der Waals surface area contributed by atoms with E-state index in [1.54, 1.807) is 6.07 Å². The zero-order valence-corrected chi connectivity index (χ0v) is 11.3. The second-order valence-electron chi connectivity index (χ2n) is 4.71. The minimum atomic E-state index is -0.951. The van der Waals surface area contributed by atoms with Crippen LogP contribution in [0, 0.1) is 0 Å². The molecule has 2 rings (SSSR count). The summed E-state index contributed by atoms with van der Waals surface area (Å²) < 4.78 is 5.01. The highest BCUT2D eigenvalue weighted by Crippen LogP contribution is 2.23. The van der Waals surface area contributed by atoms with Gasteiger partial charge in [0.15, 0.2) is 0 Å². The fourth-order valence-corrected chi connectivity index (χ4v) is 2.17. The van der Waals surface area contributed by atoms with Crippen LogP contribution in [0.2, 0.25) is 0 Å². The average molecular weight is 278 g/mol. The Hall–Kier alpha value is -2.08. The van der Waals surface area contributed by atoms with Crippen molar-refractivity contribution in [3.63, 3.8) is 0 Å². The van der Waals surface area contributed by atoms with Crippen molar-refractivity contribution in [3.8, 4) is 0 Å². The van der Waals surface area contributed by atoms with Crippen LogP contribution in [0.15, 0.2) is 18.2 Å². The Labute approximate surface area is 117 Å². The molecule has 108 valence electrons. The van der Waals surface area contributed by atoms with Crippen LogP contribution in [-0.4, -0.2) is 43.3 Å². The van der Waals surface area contributed by atoms with E-state index in [0.717, 1.165) is 18.7 Å². The van der Waals surface area contributed by atoms with E-state index < -0.39 is 12.1 Å². The predicted molar refractivity (Wildman–Crippen MR) is 74.0 cm³/mol. The van der Waals surface area contributed by atoms with Gasteiger partial charge in [-0.15, -0.1) is 0 Å². The number of ether oxygens (including phenoxy) is 1. The lowest BCUT2D eigenvalue weighted by molar-refractivity contribution is -0.139. The molecule has 1 aromatic rings. The van der Waals surface area contributed by atoms with Crippen molar-refractivity contribution in [2.75, 3.05) is 25.5 Å². The van der Waals surface area contributed by atoms with Crippen LogP contribution in [0.5, 0.6) is 0 Å². The van der Waals surface area contributed by atoms with E-state index in [4.69, 9.17) is 9.84 Å². The third-order valence-corrected chi connectivity index (χ3v) is 3.31. The number of amides is 1. The number of anilines is 1. The first-order valence-electron chi connectivity index (χ1n) is 6.49. The molecule has 20 heavy (non-hydrogen) atoms. The van der Waals surface area contributed by atoms with Crippen LogP contribution in [0.3, 0.4) is 0 Å². The van der Waals surface area contributed by atoms with Gasteiger partial charge in [0.05, 0.1) is 12.5 Å². The van der Waals surface area contributed by atoms with Crippen LogP contribution in [-0.2, 0) is 16.0 Å². The van der Waals surface area contributed by atoms with Gasteiger partial charge in [0.2, 0.25) is 0 Å². The van der Waals surface area contributed by atoms with E-state index in [9.17, 15) is 9.59 Å². The van der Waals surface area contributed by atoms with Gasteiger partial charge < -0.3 is 20.5 Å². The van der Waals surface area contributed by atoms with Gasteiger partial charge in [0, 0.05) is 31.5 Å². The van der Waals surface area contributed by atoms with Crippen molar-refractivity contribution in [1.29, 1.82) is 0 Å². The zero-order valence-electron chi connectivity index (χ0n) is 11.3. The van der Waals surface area contributed by atoms with Gasteiger partial charge in [-0.1, -0.05) is 6.07 Å². The summed E-state index contributed by atoms with van der Waals surface area (Å²) in [6.45, 7) is 1.07. The zero-order chi connectivity index (χ0) is 14.5. The number of methoxy groups -OCH3 is 1. The van der Waals surface area contributed by atoms with Crippen LogP contribution in [0.1, 0.15) is 22.3 Å². The normalized spacial score (nSPS) is 14.2. The van der Waals surface area contributed by atoms with Gasteiger partial charge >= 0.3 is 5.97 Å². The number of hydrogen-bond acceptors (Lipinski definition) is 4. The molecule has 0 saturated carbocycles. The number of hydrogen-bond donors (Lipinski definition) is 3. The van der Waals surface area contributed by atoms with Gasteiger partial charge in [-0.05, 0) is 24.1 Å². The standard InChI is InChI=1S/C14H18N2O4/c1-20-11(7-13(17)18)8-16-14(19)10-3-2-9-4-5-15-12(9)6-10/h2-3,6,11,15H,4-5,7-8H2,1H3,(H,16,19)(H,17,18). The molecular formula is C14H18N2O4. The summed E-state index contributed by atoms with van der Waals surface area (Å²) in [5, 5.41) is 14.6. The number of nitrogens with one attached hydrogen (secondary N) is 2. The summed E-state index contributed by atoms with van der Waals surface area (Å²) in [5.74, 6) is -1.18. The molecule has 6 nitrogen and oxygen atoms in total. The molecule has 1 atom stereocenters. The van der Waals surface area contributed by atoms with Gasteiger partial charge in [0.1, 0.15) is 0 Å². The number of aliphatic carboxylic acids is 1. The van der Waals surface area contributed by atoms with Crippen LogP contribution < -0.4 is 10.6 Å². The summed E-state index contributed by atoms with van der Waals surface area (Å²) in [5.41, 5.74) is 2.76. The lowest BCUT2D eigenvalue weighted by Crippen LogP contribution is -2.34. The number of fused-ring (bicyclic) bond motifs is 1. The minimum Gasteiger partial charge on any atom is -0.481 e. The van der Waals surface area contributed by atoms with Crippen LogP contribution >= 0.6 is 0 Å². The predicted octanol–water partition coefficient (Wildman–Crippen LogP) is 0.874. The maximum Gasteiger partial charge on any atom is 0.306 e. The van der Waals surface area contributed by atoms with E-state index in [-0.39, 0.29) is 18.9 Å². The fourth-order valence-electron chi connectivity index (χ4n) is 2.17. The fraction of sp³-hybridized carbons (Fsp3) is 0.429. The van der Waals surface area contributed by atoms with Gasteiger partial charge in [-0.25, -0.2) is 0 Å². The number of benzene rings is 1. The van der Waals surface area contributed by atoms with Crippen molar-refractivity contribution in [3.05, 3.63) is 29.3 Å². The lowest BCUT2D eigenvalue weighted by Gasteiger charge is -2.14. The summed E-state index contributed by atoms with van der Waals surface area (Å²) in [7, 11) is 1.43. The topological polar surface area (TPSA) is 87.7 Å². The molecule has 0 radical (unpaired) electrons. The molecule has 1 heterocycles. The smallest absolute Gasteiger partial charge is 0.306 e. The SMILES string of the molecule is COC(CNC(=O)c1ccc2c(c1)NCC2)CC(=O)O. The Morgan fingerprint density at radius 3 is 3.00 bits per heavy atom. The number of carboxylic acid groups (broad SMARTS) is 1. The first-order chi connectivity index (χ1) is 9.60. The molecule has 0 aromatic heterocycles. The highest BCUT2D eigenvalue weighted by molar-refractivity contribution is 5.95. The highest BCUT2D eigenvalue weighted by Gasteiger charge is 2.16. The van der Waals surface area contributed by atoms with Crippen molar-refractivity contribution in [1.82, 2.24) is 5.32 Å². The quantitative estimate of drug-likeness (QED) is 0.719. The molecule has 0 bridgehead atoms. The monoisotopic (exact) mass is 278 g/mol. The van der Waals surface area contributed by atoms with Crippen LogP contribution in [0.4, 0.5) is 5.69 Å². The third kappa shape index (κ3) is 3.48. The Kier molecular flexibility index (Phi) is 4.57. The molecule has 0 fully saturated rings. The molecule has 0 saturated heterocycles. The summed E-state index contributed by atoms with van der Waals surface area (Å²) in [6, 6.07) is 5.53. The maximum atomic E-state index is 12.0. The first kappa shape index (κ1) is 14.3. The molecule has 1 unspecified atom stereocenters. The summed E-state index contributed by atoms with van der Waals surface area (Å²) >= 11 is 0. The highest BCUT2D eigenvalue weighted by atomic mass is 16.5. The second-order valence-corrected chi connectivity index (χ2v) is 4.71. The number of carbonyl (C=O) groups is 2. The summed E-state index contributed by atoms with van der Waals surface area (Å²) in [4.78, 5) is 22.6. The molecule has 1 aliphatic heterocycles. The third-order valence-electron chi connectivity index (χ3n) is 3.31. The van der Waals surface area contributed by atoms with E-state index in [1.807, 2.05) is 12.1 Å². The Morgan fingerprint density at radius 1 is 1.50 bits per heavy atom. The molecule has 6 heteroatoms. The largest absolute Gasteiger partial charge is 0.481 e. The maximum absolute atomic E-state index is 12.0. The number of rotatable bonds is 6. The Bertz CT molecular complexity index is 516. The minimum absolute atomic E-state index is 0.136. The van der Waals surface area contributed by atoms with Gasteiger partial charge in [0.25, 0.3) is 5.91 Å². The second kappa shape index (κ2) is 6.38. The van der Waals surface area contributed by atoms with Crippen molar-refractivity contribution in [2.24, 2.45) is 0 Å². The van der Waals surface area contributed by atoms with Crippen molar-refractivity contribution < 1.29 is 19.4 Å². The molecule has 3 N–H and O–H groups in total. The molecular weight excluding hydrogens is 260 g/mol. The van der Waals surface area contributed by atoms with E-state index in [0.29, 0.717) is 5.56 Å². The van der Waals surface area contributed by atoms with E-state index in [1.165, 1.54) is 12.7 Å². The van der Waals surface area contributed by atoms with Crippen molar-refractivity contribution in [2.45, 2.75) is 18.9 Å². The average Bonchev–Trinajstić information content (AvgIpc) is 2.89. The van der Waals surface area contributed by atoms with Gasteiger partial charge in [-0.3, -0.25) is 9.59 Å². The molecule has 1 amide bonds. The molecule has 1 aliphatic rings. The molecule has 0 spiro atoms. The summed E-state index contributed by atoms with van der Waals surface area (Å²) in [6.07, 6.45) is 0.313. The molecule has 1 aromatic carbocycles. The van der Waals surface area contributed by atoms with Crippen molar-refractivity contribution >= 4 is 17.6 Å². The number of carbonyl (C=O) groups excluding carboxylic acids is 1. The molecule has 0 aliphatic carbocycles. The lowest BCUT2D eigenvalue weighted by atomic mass is 10.1. The number of carboxylic acids is 1. The Balaban J connectivity index is 1.93. The van der Waals surface area contributed by atoms with E-state index >= 15 is 0 Å². The van der Waals surface area contributed by atoms with Crippen LogP contribution in [0.25, 0.3) is 0 Å². The first-order valence-corrected chi connectivity index (χ1v) is 6.49. The van der Waals surface area contributed by atoms with E-state index in [2.05, 4.69) is 10.6 Å². The Morgan fingerprint density at radius 2 is 2.30 bits per heavy atom.